The predicted octanol–water partition coefficient (Wildman–Crippen LogP) is 0.947. The van der Waals surface area contributed by atoms with Crippen LogP contribution in [0.3, 0.4) is 0 Å². The van der Waals surface area contributed by atoms with Crippen LogP contribution in [0.25, 0.3) is 0 Å². The predicted molar refractivity (Wildman–Crippen MR) is 46.6 cm³/mol. The lowest BCUT2D eigenvalue weighted by Gasteiger charge is -2.27. The number of allylic oxidation sites excluding steroid dienone is 2. The second-order valence-electron chi connectivity index (χ2n) is 3.01. The van der Waals surface area contributed by atoms with Crippen LogP contribution in [0.5, 0.6) is 0 Å². The van der Waals surface area contributed by atoms with E-state index in [0.29, 0.717) is 6.54 Å². The van der Waals surface area contributed by atoms with Crippen molar-refractivity contribution in [2.75, 3.05) is 6.54 Å². The first kappa shape index (κ1) is 7.28. The van der Waals surface area contributed by atoms with E-state index in [1.807, 2.05) is 25.2 Å². The number of hydrogen-bond donors (Lipinski definition) is 0. The average molecular weight is 162 g/mol. The lowest BCUT2D eigenvalue weighted by molar-refractivity contribution is -0.129. The summed E-state index contributed by atoms with van der Waals surface area (Å²) in [4.78, 5) is 17.4. The average Bonchev–Trinajstić information content (AvgIpc) is 2.12. The van der Waals surface area contributed by atoms with Gasteiger partial charge in [0, 0.05) is 6.20 Å². The zero-order valence-corrected chi connectivity index (χ0v) is 6.90. The Morgan fingerprint density at radius 1 is 1.58 bits per heavy atom. The maximum absolute atomic E-state index is 11.5. The van der Waals surface area contributed by atoms with Crippen LogP contribution in [-0.4, -0.2) is 23.2 Å². The Morgan fingerprint density at radius 3 is 3.25 bits per heavy atom. The van der Waals surface area contributed by atoms with E-state index in [1.54, 1.807) is 11.1 Å². The molecule has 0 bridgehead atoms. The van der Waals surface area contributed by atoms with E-state index >= 15 is 0 Å². The number of nitrogens with zero attached hydrogens (tertiary/aromatic N) is 2. The van der Waals surface area contributed by atoms with Crippen LogP contribution < -0.4 is 0 Å². The lowest BCUT2D eigenvalue weighted by atomic mass is 10.1. The van der Waals surface area contributed by atoms with Gasteiger partial charge in [-0.15, -0.1) is 0 Å². The quantitative estimate of drug-likeness (QED) is 0.522. The maximum Gasteiger partial charge on any atom is 0.236 e. The Labute approximate surface area is 71.1 Å². The molecular formula is C9H10N2O. The summed E-state index contributed by atoms with van der Waals surface area (Å²) < 4.78 is 0. The van der Waals surface area contributed by atoms with Crippen LogP contribution in [-0.2, 0) is 4.79 Å². The monoisotopic (exact) mass is 162 g/mol. The Morgan fingerprint density at radius 2 is 2.42 bits per heavy atom. The number of rotatable bonds is 0. The van der Waals surface area contributed by atoms with Crippen molar-refractivity contribution in [2.24, 2.45) is 10.9 Å². The molecular weight excluding hydrogens is 152 g/mol. The number of aliphatic imine (C=N–C) groups is 1. The van der Waals surface area contributed by atoms with Gasteiger partial charge < -0.3 is 0 Å². The molecule has 0 radical (unpaired) electrons. The Bertz CT molecular complexity index is 302. The molecule has 1 unspecified atom stereocenters. The minimum atomic E-state index is 0.0184. The van der Waals surface area contributed by atoms with Crippen molar-refractivity contribution in [1.29, 1.82) is 0 Å². The summed E-state index contributed by atoms with van der Waals surface area (Å²) >= 11 is 0. The van der Waals surface area contributed by atoms with Crippen molar-refractivity contribution in [3.05, 3.63) is 24.4 Å². The number of carbonyl (C=O) groups is 1. The Kier molecular flexibility index (Phi) is 1.57. The Balaban J connectivity index is 2.36. The first-order chi connectivity index (χ1) is 5.79. The number of carbonyl (C=O) groups excluding carboxylic acids is 1. The van der Waals surface area contributed by atoms with Crippen molar-refractivity contribution >= 4 is 11.7 Å². The molecule has 12 heavy (non-hydrogen) atoms. The molecule has 2 aliphatic heterocycles. The lowest BCUT2D eigenvalue weighted by Crippen LogP contribution is -2.41. The van der Waals surface area contributed by atoms with Crippen molar-refractivity contribution in [2.45, 2.75) is 6.92 Å². The fourth-order valence-electron chi connectivity index (χ4n) is 1.30. The van der Waals surface area contributed by atoms with Crippen molar-refractivity contribution in [1.82, 2.24) is 4.90 Å². The fraction of sp³-hybridized carbons (Fsp3) is 0.333. The van der Waals surface area contributed by atoms with E-state index in [1.165, 1.54) is 0 Å². The van der Waals surface area contributed by atoms with E-state index in [-0.39, 0.29) is 11.8 Å². The van der Waals surface area contributed by atoms with Crippen LogP contribution >= 0.6 is 0 Å². The fourth-order valence-corrected chi connectivity index (χ4v) is 1.30. The van der Waals surface area contributed by atoms with Gasteiger partial charge in [0.2, 0.25) is 5.91 Å². The highest BCUT2D eigenvalue weighted by atomic mass is 16.2. The molecule has 2 rings (SSSR count). The molecule has 1 atom stereocenters. The van der Waals surface area contributed by atoms with Gasteiger partial charge in [0.1, 0.15) is 5.84 Å². The highest BCUT2D eigenvalue weighted by Crippen LogP contribution is 2.14. The molecule has 2 aliphatic rings. The molecule has 3 nitrogen and oxygen atoms in total. The normalized spacial score (nSPS) is 27.1. The Hall–Kier alpha value is -1.38. The van der Waals surface area contributed by atoms with Crippen molar-refractivity contribution < 1.29 is 4.79 Å². The molecule has 0 aromatic rings. The summed E-state index contributed by atoms with van der Waals surface area (Å²) in [6, 6.07) is 0. The van der Waals surface area contributed by atoms with E-state index in [2.05, 4.69) is 4.99 Å². The summed E-state index contributed by atoms with van der Waals surface area (Å²) in [6.45, 7) is 2.51. The summed E-state index contributed by atoms with van der Waals surface area (Å²) in [6.07, 6.45) is 7.34. The second-order valence-corrected chi connectivity index (χ2v) is 3.01. The van der Waals surface area contributed by atoms with Gasteiger partial charge >= 0.3 is 0 Å². The molecule has 0 spiro atoms. The van der Waals surface area contributed by atoms with Gasteiger partial charge in [-0.05, 0) is 12.2 Å². The van der Waals surface area contributed by atoms with Crippen LogP contribution in [0.15, 0.2) is 29.4 Å². The number of amidine groups is 1. The summed E-state index contributed by atoms with van der Waals surface area (Å²) in [5, 5.41) is 0. The highest BCUT2D eigenvalue weighted by molar-refractivity contribution is 6.08. The molecule has 3 heteroatoms. The van der Waals surface area contributed by atoms with Gasteiger partial charge in [-0.2, -0.15) is 0 Å². The summed E-state index contributed by atoms with van der Waals surface area (Å²) in [7, 11) is 0. The first-order valence-electron chi connectivity index (χ1n) is 4.01. The third-order valence-electron chi connectivity index (χ3n) is 2.02. The molecule has 0 aromatic heterocycles. The van der Waals surface area contributed by atoms with E-state index in [4.69, 9.17) is 0 Å². The largest absolute Gasteiger partial charge is 0.274 e. The zero-order valence-electron chi connectivity index (χ0n) is 6.90. The van der Waals surface area contributed by atoms with Gasteiger partial charge in [-0.1, -0.05) is 13.0 Å². The second kappa shape index (κ2) is 2.59. The third kappa shape index (κ3) is 0.978. The topological polar surface area (TPSA) is 32.7 Å². The van der Waals surface area contributed by atoms with Crippen LogP contribution in [0.1, 0.15) is 6.92 Å². The SMILES string of the molecule is CC1CN=C2C=CC=CN2C1=O. The van der Waals surface area contributed by atoms with Crippen LogP contribution in [0, 0.1) is 5.92 Å². The van der Waals surface area contributed by atoms with Gasteiger partial charge in [0.05, 0.1) is 12.5 Å². The minimum absolute atomic E-state index is 0.0184. The van der Waals surface area contributed by atoms with Gasteiger partial charge in [-0.3, -0.25) is 14.7 Å². The van der Waals surface area contributed by atoms with E-state index in [0.717, 1.165) is 5.84 Å². The third-order valence-corrected chi connectivity index (χ3v) is 2.02. The van der Waals surface area contributed by atoms with Gasteiger partial charge in [0.15, 0.2) is 0 Å². The number of hydrogen-bond acceptors (Lipinski definition) is 2. The zero-order chi connectivity index (χ0) is 8.55. The van der Waals surface area contributed by atoms with Crippen LogP contribution in [0.2, 0.25) is 0 Å². The van der Waals surface area contributed by atoms with Gasteiger partial charge in [0.25, 0.3) is 0 Å². The van der Waals surface area contributed by atoms with E-state index < -0.39 is 0 Å². The standard InChI is InChI=1S/C9H10N2O/c1-7-6-10-8-4-2-3-5-11(8)9(7)12/h2-5,7H,6H2,1H3. The minimum Gasteiger partial charge on any atom is -0.274 e. The smallest absolute Gasteiger partial charge is 0.236 e. The van der Waals surface area contributed by atoms with E-state index in [9.17, 15) is 4.79 Å². The molecule has 0 aromatic carbocycles. The van der Waals surface area contributed by atoms with Gasteiger partial charge in [-0.25, -0.2) is 0 Å². The molecule has 62 valence electrons. The first-order valence-corrected chi connectivity index (χ1v) is 4.01. The maximum atomic E-state index is 11.5. The molecule has 0 N–H and O–H groups in total. The number of amides is 1. The highest BCUT2D eigenvalue weighted by Gasteiger charge is 2.26. The molecule has 0 saturated heterocycles. The van der Waals surface area contributed by atoms with Crippen LogP contribution in [0.4, 0.5) is 0 Å². The summed E-state index contributed by atoms with van der Waals surface area (Å²) in [5.74, 6) is 0.922. The molecule has 1 amide bonds. The number of fused-ring (bicyclic) bond motifs is 1. The molecule has 0 saturated carbocycles. The van der Waals surface area contributed by atoms with Crippen molar-refractivity contribution in [3.63, 3.8) is 0 Å². The molecule has 0 aliphatic carbocycles. The molecule has 0 fully saturated rings. The molecule has 2 heterocycles. The summed E-state index contributed by atoms with van der Waals surface area (Å²) in [5.41, 5.74) is 0. The van der Waals surface area contributed by atoms with Crippen molar-refractivity contribution in [3.8, 4) is 0 Å².